The van der Waals surface area contributed by atoms with Gasteiger partial charge in [0, 0.05) is 5.41 Å². The van der Waals surface area contributed by atoms with Crippen LogP contribution >= 0.6 is 0 Å². The van der Waals surface area contributed by atoms with E-state index in [0.29, 0.717) is 0 Å². The number of aliphatic hydroxyl groups is 1. The maximum atomic E-state index is 10.5. The summed E-state index contributed by atoms with van der Waals surface area (Å²) < 4.78 is 0. The first-order chi connectivity index (χ1) is 10.3. The maximum absolute atomic E-state index is 10.5. The van der Waals surface area contributed by atoms with Crippen LogP contribution < -0.4 is 0 Å². The predicted octanol–water partition coefficient (Wildman–Crippen LogP) is 5.65. The van der Waals surface area contributed by atoms with Crippen molar-refractivity contribution in [3.8, 4) is 0 Å². The molecule has 1 heteroatoms. The number of hydrogen-bond acceptors (Lipinski definition) is 1. The van der Waals surface area contributed by atoms with E-state index in [1.54, 1.807) is 0 Å². The highest BCUT2D eigenvalue weighted by molar-refractivity contribution is 5.46. The molecule has 1 saturated carbocycles. The minimum absolute atomic E-state index is 0.00975. The van der Waals surface area contributed by atoms with Crippen LogP contribution in [-0.2, 0) is 0 Å². The fourth-order valence-corrected chi connectivity index (χ4v) is 4.16. The molecule has 0 saturated heterocycles. The molecule has 120 valence electrons. The summed E-state index contributed by atoms with van der Waals surface area (Å²) in [6, 6.07) is 0. The van der Waals surface area contributed by atoms with Crippen LogP contribution in [0.5, 0.6) is 0 Å². The van der Waals surface area contributed by atoms with Gasteiger partial charge in [-0.15, -0.1) is 0 Å². The van der Waals surface area contributed by atoms with Crippen LogP contribution in [0.25, 0.3) is 0 Å². The number of allylic oxidation sites excluding steroid dienone is 7. The lowest BCUT2D eigenvalue weighted by Gasteiger charge is -2.44. The summed E-state index contributed by atoms with van der Waals surface area (Å²) in [5.74, 6) is 0. The van der Waals surface area contributed by atoms with Gasteiger partial charge in [0.1, 0.15) is 0 Å². The van der Waals surface area contributed by atoms with E-state index in [2.05, 4.69) is 45.2 Å². The fraction of sp³-hybridized carbons (Fsp3) is 0.524. The lowest BCUT2D eigenvalue weighted by atomic mass is 9.61. The fourth-order valence-electron chi connectivity index (χ4n) is 4.16. The Morgan fingerprint density at radius 2 is 2.09 bits per heavy atom. The average Bonchev–Trinajstić information content (AvgIpc) is 2.57. The average molecular weight is 298 g/mol. The Hall–Kier alpha value is -1.34. The first-order valence-corrected chi connectivity index (χ1v) is 8.42. The lowest BCUT2D eigenvalue weighted by molar-refractivity contribution is 0.0748. The number of hydrogen-bond donors (Lipinski definition) is 1. The van der Waals surface area contributed by atoms with Gasteiger partial charge < -0.3 is 5.11 Å². The summed E-state index contributed by atoms with van der Waals surface area (Å²) in [5, 5.41) is 10.5. The molecule has 0 spiro atoms. The molecule has 1 fully saturated rings. The molecule has 0 bridgehead atoms. The molecule has 2 atom stereocenters. The minimum atomic E-state index is -0.671. The largest absolute Gasteiger partial charge is 0.386 e. The Kier molecular flexibility index (Phi) is 4.97. The van der Waals surface area contributed by atoms with Gasteiger partial charge in [-0.05, 0) is 70.4 Å². The monoisotopic (exact) mass is 298 g/mol. The quantitative estimate of drug-likeness (QED) is 0.527. The van der Waals surface area contributed by atoms with E-state index in [0.717, 1.165) is 38.5 Å². The van der Waals surface area contributed by atoms with Gasteiger partial charge in [-0.25, -0.2) is 0 Å². The molecule has 0 radical (unpaired) electrons. The van der Waals surface area contributed by atoms with Crippen molar-refractivity contribution >= 4 is 0 Å². The molecular formula is C21H30O. The molecule has 0 amide bonds. The van der Waals surface area contributed by atoms with Crippen LogP contribution in [0.15, 0.2) is 59.8 Å². The van der Waals surface area contributed by atoms with Crippen molar-refractivity contribution in [3.05, 3.63) is 59.8 Å². The van der Waals surface area contributed by atoms with Crippen LogP contribution in [-0.4, -0.2) is 10.7 Å². The van der Waals surface area contributed by atoms with Gasteiger partial charge in [0.2, 0.25) is 0 Å². The third-order valence-electron chi connectivity index (χ3n) is 5.35. The van der Waals surface area contributed by atoms with Crippen LogP contribution in [0, 0.1) is 5.41 Å². The highest BCUT2D eigenvalue weighted by Gasteiger charge is 2.44. The Labute approximate surface area is 135 Å². The van der Waals surface area contributed by atoms with E-state index in [9.17, 15) is 5.11 Å². The van der Waals surface area contributed by atoms with Gasteiger partial charge in [-0.1, -0.05) is 48.6 Å². The van der Waals surface area contributed by atoms with Crippen molar-refractivity contribution in [3.63, 3.8) is 0 Å². The van der Waals surface area contributed by atoms with E-state index >= 15 is 0 Å². The molecule has 22 heavy (non-hydrogen) atoms. The zero-order valence-corrected chi connectivity index (χ0v) is 14.4. The molecule has 1 N–H and O–H groups in total. The molecule has 0 heterocycles. The van der Waals surface area contributed by atoms with Gasteiger partial charge in [-0.3, -0.25) is 0 Å². The Morgan fingerprint density at radius 1 is 1.36 bits per heavy atom. The molecule has 2 rings (SSSR count). The van der Waals surface area contributed by atoms with Gasteiger partial charge in [0.25, 0.3) is 0 Å². The highest BCUT2D eigenvalue weighted by Crippen LogP contribution is 2.55. The predicted molar refractivity (Wildman–Crippen MR) is 95.7 cm³/mol. The smallest absolute Gasteiger partial charge is 0.0803 e. The normalized spacial score (nSPS) is 34.9. The van der Waals surface area contributed by atoms with Crippen LogP contribution in [0.1, 0.15) is 59.3 Å². The number of fused-ring (bicyclic) bond motifs is 1. The Bertz CT molecular complexity index is 556. The van der Waals surface area contributed by atoms with Crippen molar-refractivity contribution in [2.24, 2.45) is 5.41 Å². The highest BCUT2D eigenvalue weighted by atomic mass is 16.3. The first-order valence-electron chi connectivity index (χ1n) is 8.42. The summed E-state index contributed by atoms with van der Waals surface area (Å²) in [7, 11) is 0. The molecule has 0 aromatic carbocycles. The SMILES string of the molecule is C=CC=C(C)CC12CCC(C)(O)C=C1CCCC(=CC)C2=C. The molecule has 2 aliphatic rings. The van der Waals surface area contributed by atoms with Crippen molar-refractivity contribution in [1.29, 1.82) is 0 Å². The van der Waals surface area contributed by atoms with Gasteiger partial charge in [0.15, 0.2) is 0 Å². The minimum Gasteiger partial charge on any atom is -0.386 e. The topological polar surface area (TPSA) is 20.2 Å². The van der Waals surface area contributed by atoms with E-state index in [1.165, 1.54) is 22.3 Å². The van der Waals surface area contributed by atoms with E-state index < -0.39 is 5.60 Å². The summed E-state index contributed by atoms with van der Waals surface area (Å²) in [5.41, 5.74) is 4.71. The number of rotatable bonds is 3. The summed E-state index contributed by atoms with van der Waals surface area (Å²) >= 11 is 0. The van der Waals surface area contributed by atoms with Crippen molar-refractivity contribution in [2.75, 3.05) is 0 Å². The molecule has 0 aromatic rings. The van der Waals surface area contributed by atoms with Crippen molar-refractivity contribution in [2.45, 2.75) is 64.9 Å². The summed E-state index contributed by atoms with van der Waals surface area (Å²) in [6.07, 6.45) is 14.4. The summed E-state index contributed by atoms with van der Waals surface area (Å²) in [6.45, 7) is 14.5. The lowest BCUT2D eigenvalue weighted by Crippen LogP contribution is -2.37. The summed E-state index contributed by atoms with van der Waals surface area (Å²) in [4.78, 5) is 0. The molecule has 2 unspecified atom stereocenters. The second-order valence-corrected chi connectivity index (χ2v) is 7.18. The van der Waals surface area contributed by atoms with Gasteiger partial charge in [-0.2, -0.15) is 0 Å². The molecule has 1 nitrogen and oxygen atoms in total. The van der Waals surface area contributed by atoms with Crippen molar-refractivity contribution in [1.82, 2.24) is 0 Å². The third kappa shape index (κ3) is 3.20. The Morgan fingerprint density at radius 3 is 2.73 bits per heavy atom. The zero-order valence-electron chi connectivity index (χ0n) is 14.4. The van der Waals surface area contributed by atoms with Crippen LogP contribution in [0.2, 0.25) is 0 Å². The van der Waals surface area contributed by atoms with E-state index in [-0.39, 0.29) is 5.41 Å². The second-order valence-electron chi connectivity index (χ2n) is 7.18. The molecule has 0 aliphatic heterocycles. The molecular weight excluding hydrogens is 268 g/mol. The second kappa shape index (κ2) is 6.42. The third-order valence-corrected chi connectivity index (χ3v) is 5.35. The van der Waals surface area contributed by atoms with Crippen molar-refractivity contribution < 1.29 is 5.11 Å². The first kappa shape index (κ1) is 17.0. The van der Waals surface area contributed by atoms with E-state index in [1.807, 2.05) is 13.0 Å². The van der Waals surface area contributed by atoms with Gasteiger partial charge >= 0.3 is 0 Å². The molecule has 2 aliphatic carbocycles. The van der Waals surface area contributed by atoms with Crippen LogP contribution in [0.3, 0.4) is 0 Å². The van der Waals surface area contributed by atoms with E-state index in [4.69, 9.17) is 0 Å². The maximum Gasteiger partial charge on any atom is 0.0803 e. The zero-order chi connectivity index (χ0) is 16.4. The Balaban J connectivity index is 2.54. The van der Waals surface area contributed by atoms with Crippen LogP contribution in [0.4, 0.5) is 0 Å². The van der Waals surface area contributed by atoms with Gasteiger partial charge in [0.05, 0.1) is 5.60 Å². The molecule has 0 aromatic heterocycles. The standard InChI is InChI=1S/C21H30O/c1-6-9-16(3)14-21-13-12-20(5,22)15-19(21)11-8-10-18(7-2)17(21)4/h6-7,9,15,22H,1,4,8,10-14H2,2-3,5H3.